The number of carbonyl (C=O) groups is 2. The molecule has 6 nitrogen and oxygen atoms in total. The number of carbonyl (C=O) groups excluding carboxylic acids is 1. The van der Waals surface area contributed by atoms with Gasteiger partial charge in [-0.1, -0.05) is 13.8 Å². The van der Waals surface area contributed by atoms with Gasteiger partial charge in [-0.05, 0) is 45.2 Å². The topological polar surface area (TPSA) is 81.7 Å². The number of aliphatic carboxylic acids is 1. The predicted molar refractivity (Wildman–Crippen MR) is 77.7 cm³/mol. The lowest BCUT2D eigenvalue weighted by molar-refractivity contribution is -0.143. The Kier molecular flexibility index (Phi) is 6.26. The summed E-state index contributed by atoms with van der Waals surface area (Å²) in [6.07, 6.45) is 2.86. The summed E-state index contributed by atoms with van der Waals surface area (Å²) in [5.41, 5.74) is -1.21. The molecule has 2 unspecified atom stereocenters. The average molecular weight is 285 g/mol. The van der Waals surface area contributed by atoms with E-state index >= 15 is 0 Å². The van der Waals surface area contributed by atoms with Crippen molar-refractivity contribution in [1.29, 1.82) is 0 Å². The lowest BCUT2D eigenvalue weighted by atomic mass is 10.00. The van der Waals surface area contributed by atoms with Crippen LogP contribution in [0.15, 0.2) is 0 Å². The van der Waals surface area contributed by atoms with Gasteiger partial charge in [-0.15, -0.1) is 0 Å². The molecule has 0 spiro atoms. The second-order valence-corrected chi connectivity index (χ2v) is 5.94. The van der Waals surface area contributed by atoms with E-state index in [0.717, 1.165) is 19.6 Å². The van der Waals surface area contributed by atoms with Crippen LogP contribution in [0.1, 0.15) is 40.0 Å². The first-order valence-electron chi connectivity index (χ1n) is 7.39. The minimum Gasteiger partial charge on any atom is -0.480 e. The van der Waals surface area contributed by atoms with Crippen molar-refractivity contribution in [3.63, 3.8) is 0 Å². The lowest BCUT2D eigenvalue weighted by Gasteiger charge is -2.26. The van der Waals surface area contributed by atoms with Gasteiger partial charge in [0.2, 0.25) is 0 Å². The highest BCUT2D eigenvalue weighted by atomic mass is 16.4. The Morgan fingerprint density at radius 3 is 2.45 bits per heavy atom. The zero-order valence-electron chi connectivity index (χ0n) is 12.7. The summed E-state index contributed by atoms with van der Waals surface area (Å²) < 4.78 is 0. The summed E-state index contributed by atoms with van der Waals surface area (Å²) in [7, 11) is 0. The molecule has 0 radical (unpaired) electrons. The molecule has 0 aliphatic carbocycles. The van der Waals surface area contributed by atoms with Crippen LogP contribution in [-0.4, -0.2) is 53.7 Å². The van der Waals surface area contributed by atoms with Crippen molar-refractivity contribution < 1.29 is 14.7 Å². The second kappa shape index (κ2) is 7.47. The van der Waals surface area contributed by atoms with E-state index in [1.165, 1.54) is 19.8 Å². The average Bonchev–Trinajstić information content (AvgIpc) is 2.88. The molecule has 116 valence electrons. The van der Waals surface area contributed by atoms with Crippen LogP contribution in [0.25, 0.3) is 0 Å². The van der Waals surface area contributed by atoms with Crippen molar-refractivity contribution in [1.82, 2.24) is 15.5 Å². The van der Waals surface area contributed by atoms with E-state index in [-0.39, 0.29) is 0 Å². The highest BCUT2D eigenvalue weighted by Gasteiger charge is 2.32. The zero-order valence-corrected chi connectivity index (χ0v) is 12.7. The minimum atomic E-state index is -1.21. The Morgan fingerprint density at radius 1 is 1.35 bits per heavy atom. The highest BCUT2D eigenvalue weighted by molar-refractivity contribution is 5.85. The number of rotatable bonds is 7. The van der Waals surface area contributed by atoms with Gasteiger partial charge in [0, 0.05) is 13.1 Å². The molecule has 1 aliphatic heterocycles. The molecule has 2 amide bonds. The molecule has 1 rings (SSSR count). The van der Waals surface area contributed by atoms with Crippen LogP contribution in [0.2, 0.25) is 0 Å². The Morgan fingerprint density at radius 2 is 1.95 bits per heavy atom. The number of carboxylic acid groups (broad SMARTS) is 1. The van der Waals surface area contributed by atoms with E-state index in [2.05, 4.69) is 22.5 Å². The van der Waals surface area contributed by atoms with Crippen molar-refractivity contribution in [3.8, 4) is 0 Å². The molecule has 6 heteroatoms. The zero-order chi connectivity index (χ0) is 15.2. The number of amides is 2. The van der Waals surface area contributed by atoms with Gasteiger partial charge in [0.25, 0.3) is 0 Å². The first-order chi connectivity index (χ1) is 9.37. The molecule has 1 fully saturated rings. The van der Waals surface area contributed by atoms with Gasteiger partial charge in [0.05, 0.1) is 0 Å². The van der Waals surface area contributed by atoms with Gasteiger partial charge < -0.3 is 20.6 Å². The maximum absolute atomic E-state index is 11.8. The van der Waals surface area contributed by atoms with Crippen LogP contribution in [0, 0.1) is 5.92 Å². The molecule has 3 N–H and O–H groups in total. The van der Waals surface area contributed by atoms with E-state index in [4.69, 9.17) is 5.11 Å². The van der Waals surface area contributed by atoms with Crippen molar-refractivity contribution in [3.05, 3.63) is 0 Å². The monoisotopic (exact) mass is 285 g/mol. The molecular weight excluding hydrogens is 258 g/mol. The summed E-state index contributed by atoms with van der Waals surface area (Å²) in [4.78, 5) is 25.3. The Bertz CT molecular complexity index is 343. The third-order valence-electron chi connectivity index (χ3n) is 3.95. The van der Waals surface area contributed by atoms with Crippen LogP contribution in [0.5, 0.6) is 0 Å². The van der Waals surface area contributed by atoms with Gasteiger partial charge >= 0.3 is 12.0 Å². The third kappa shape index (κ3) is 5.00. The Balaban J connectivity index is 2.29. The van der Waals surface area contributed by atoms with Crippen molar-refractivity contribution in [2.45, 2.75) is 45.6 Å². The molecular formula is C14H27N3O3. The van der Waals surface area contributed by atoms with Gasteiger partial charge in [0.15, 0.2) is 0 Å². The summed E-state index contributed by atoms with van der Waals surface area (Å²) in [5, 5.41) is 14.4. The standard InChI is InChI=1S/C14H27N3O3/c1-4-14(3,12(18)19)16-13(20)15-9-11(2)10-17-7-5-6-8-17/h11H,4-10H2,1-3H3,(H,18,19)(H2,15,16,20). The lowest BCUT2D eigenvalue weighted by Crippen LogP contribution is -2.55. The van der Waals surface area contributed by atoms with E-state index in [1.54, 1.807) is 6.92 Å². The second-order valence-electron chi connectivity index (χ2n) is 5.94. The minimum absolute atomic E-state index is 0.346. The van der Waals surface area contributed by atoms with Crippen LogP contribution in [0.4, 0.5) is 4.79 Å². The molecule has 0 aromatic rings. The van der Waals surface area contributed by atoms with Crippen molar-refractivity contribution in [2.24, 2.45) is 5.92 Å². The fourth-order valence-corrected chi connectivity index (χ4v) is 2.33. The fraction of sp³-hybridized carbons (Fsp3) is 0.857. The first kappa shape index (κ1) is 16.8. The molecule has 1 aliphatic rings. The summed E-state index contributed by atoms with van der Waals surface area (Å²) in [6, 6.07) is -0.412. The predicted octanol–water partition coefficient (Wildman–Crippen LogP) is 1.27. The normalized spacial score (nSPS) is 20.1. The van der Waals surface area contributed by atoms with E-state index in [9.17, 15) is 9.59 Å². The van der Waals surface area contributed by atoms with Gasteiger partial charge in [0.1, 0.15) is 5.54 Å². The van der Waals surface area contributed by atoms with Crippen LogP contribution >= 0.6 is 0 Å². The number of nitrogens with zero attached hydrogens (tertiary/aromatic N) is 1. The third-order valence-corrected chi connectivity index (χ3v) is 3.95. The fourth-order valence-electron chi connectivity index (χ4n) is 2.33. The van der Waals surface area contributed by atoms with Crippen molar-refractivity contribution in [2.75, 3.05) is 26.2 Å². The quantitative estimate of drug-likeness (QED) is 0.658. The summed E-state index contributed by atoms with van der Waals surface area (Å²) in [5.74, 6) is -0.656. The number of hydrogen-bond acceptors (Lipinski definition) is 3. The first-order valence-corrected chi connectivity index (χ1v) is 7.39. The molecule has 1 heterocycles. The molecule has 0 aromatic carbocycles. The molecule has 0 aromatic heterocycles. The molecule has 20 heavy (non-hydrogen) atoms. The maximum Gasteiger partial charge on any atom is 0.329 e. The van der Waals surface area contributed by atoms with E-state index in [0.29, 0.717) is 18.9 Å². The molecule has 0 saturated carbocycles. The number of likely N-dealkylation sites (tertiary alicyclic amines) is 1. The van der Waals surface area contributed by atoms with E-state index in [1.807, 2.05) is 0 Å². The molecule has 0 bridgehead atoms. The Hall–Kier alpha value is -1.30. The molecule has 1 saturated heterocycles. The maximum atomic E-state index is 11.8. The van der Waals surface area contributed by atoms with Gasteiger partial charge in [-0.2, -0.15) is 0 Å². The van der Waals surface area contributed by atoms with E-state index < -0.39 is 17.5 Å². The summed E-state index contributed by atoms with van der Waals surface area (Å²) >= 11 is 0. The SMILES string of the molecule is CCC(C)(NC(=O)NCC(C)CN1CCCC1)C(=O)O. The number of carboxylic acids is 1. The number of hydrogen-bond donors (Lipinski definition) is 3. The summed E-state index contributed by atoms with van der Waals surface area (Å²) in [6.45, 7) is 9.17. The number of nitrogens with one attached hydrogen (secondary N) is 2. The largest absolute Gasteiger partial charge is 0.480 e. The van der Waals surface area contributed by atoms with Crippen molar-refractivity contribution >= 4 is 12.0 Å². The number of urea groups is 1. The van der Waals surface area contributed by atoms with Crippen LogP contribution in [0.3, 0.4) is 0 Å². The highest BCUT2D eigenvalue weighted by Crippen LogP contribution is 2.10. The van der Waals surface area contributed by atoms with Crippen LogP contribution in [-0.2, 0) is 4.79 Å². The smallest absolute Gasteiger partial charge is 0.329 e. The van der Waals surface area contributed by atoms with Gasteiger partial charge in [-0.3, -0.25) is 0 Å². The molecule has 2 atom stereocenters. The van der Waals surface area contributed by atoms with Crippen LogP contribution < -0.4 is 10.6 Å². The van der Waals surface area contributed by atoms with Gasteiger partial charge in [-0.25, -0.2) is 9.59 Å². The Labute approximate surface area is 120 Å².